The Morgan fingerprint density at radius 1 is 1.53 bits per heavy atom. The Labute approximate surface area is 95.2 Å². The number of rotatable bonds is 7. The molecular formula is C8H16ClNO4S. The molecule has 0 aromatic carbocycles. The molecule has 0 heterocycles. The number of alkyl halides is 1. The fourth-order valence-corrected chi connectivity index (χ4v) is 2.53. The summed E-state index contributed by atoms with van der Waals surface area (Å²) in [5, 5.41) is 0. The molecular weight excluding hydrogens is 242 g/mol. The lowest BCUT2D eigenvalue weighted by atomic mass is 10.3. The van der Waals surface area contributed by atoms with Gasteiger partial charge < -0.3 is 4.74 Å². The van der Waals surface area contributed by atoms with E-state index in [9.17, 15) is 13.2 Å². The van der Waals surface area contributed by atoms with E-state index in [1.165, 1.54) is 7.11 Å². The van der Waals surface area contributed by atoms with E-state index in [1.54, 1.807) is 6.92 Å². The Morgan fingerprint density at radius 3 is 2.60 bits per heavy atom. The second-order valence-electron chi connectivity index (χ2n) is 3.26. The largest absolute Gasteiger partial charge is 0.469 e. The predicted molar refractivity (Wildman–Crippen MR) is 58.3 cm³/mol. The highest BCUT2D eigenvalue weighted by molar-refractivity contribution is 7.89. The molecule has 0 bridgehead atoms. The van der Waals surface area contributed by atoms with Gasteiger partial charge in [0.05, 0.1) is 19.3 Å². The summed E-state index contributed by atoms with van der Waals surface area (Å²) in [6, 6.07) is 0. The van der Waals surface area contributed by atoms with E-state index in [2.05, 4.69) is 9.46 Å². The van der Waals surface area contributed by atoms with Crippen molar-refractivity contribution in [3.05, 3.63) is 0 Å². The third-order valence-corrected chi connectivity index (χ3v) is 3.82. The van der Waals surface area contributed by atoms with Crippen molar-refractivity contribution in [1.29, 1.82) is 0 Å². The molecule has 0 saturated carbocycles. The van der Waals surface area contributed by atoms with E-state index in [1.807, 2.05) is 0 Å². The highest BCUT2D eigenvalue weighted by Crippen LogP contribution is 2.01. The molecule has 0 radical (unpaired) electrons. The molecule has 0 aliphatic carbocycles. The number of halogens is 1. The second-order valence-corrected chi connectivity index (χ2v) is 5.42. The maximum atomic E-state index is 11.3. The van der Waals surface area contributed by atoms with E-state index in [4.69, 9.17) is 11.6 Å². The van der Waals surface area contributed by atoms with Crippen LogP contribution >= 0.6 is 11.6 Å². The van der Waals surface area contributed by atoms with Crippen molar-refractivity contribution >= 4 is 27.6 Å². The minimum absolute atomic E-state index is 0.0301. The first-order valence-electron chi connectivity index (χ1n) is 4.51. The Morgan fingerprint density at radius 2 is 2.13 bits per heavy atom. The van der Waals surface area contributed by atoms with Gasteiger partial charge in [0.25, 0.3) is 0 Å². The quantitative estimate of drug-likeness (QED) is 0.527. The van der Waals surface area contributed by atoms with E-state index in [-0.39, 0.29) is 30.5 Å². The summed E-state index contributed by atoms with van der Waals surface area (Å²) >= 11 is 5.50. The molecule has 0 fully saturated rings. The number of hydrogen-bond donors (Lipinski definition) is 1. The van der Waals surface area contributed by atoms with Crippen LogP contribution in [0, 0.1) is 5.92 Å². The Kier molecular flexibility index (Phi) is 6.87. The van der Waals surface area contributed by atoms with Crippen molar-refractivity contribution < 1.29 is 17.9 Å². The SMILES string of the molecule is COC(=O)CCNS(=O)(=O)CC(C)CCl. The topological polar surface area (TPSA) is 72.5 Å². The fourth-order valence-electron chi connectivity index (χ4n) is 0.889. The molecule has 5 nitrogen and oxygen atoms in total. The van der Waals surface area contributed by atoms with Crippen LogP contribution in [0.5, 0.6) is 0 Å². The summed E-state index contributed by atoms with van der Waals surface area (Å²) in [6.45, 7) is 1.80. The molecule has 1 unspecified atom stereocenters. The molecule has 90 valence electrons. The smallest absolute Gasteiger partial charge is 0.306 e. The zero-order valence-corrected chi connectivity index (χ0v) is 10.4. The second kappa shape index (κ2) is 7.03. The molecule has 0 saturated heterocycles. The van der Waals surface area contributed by atoms with Crippen LogP contribution in [0.25, 0.3) is 0 Å². The number of carbonyl (C=O) groups is 1. The summed E-state index contributed by atoms with van der Waals surface area (Å²) in [5.41, 5.74) is 0. The monoisotopic (exact) mass is 257 g/mol. The van der Waals surface area contributed by atoms with Gasteiger partial charge in [0.2, 0.25) is 10.0 Å². The number of hydrogen-bond acceptors (Lipinski definition) is 4. The number of esters is 1. The number of ether oxygens (including phenoxy) is 1. The van der Waals surface area contributed by atoms with Gasteiger partial charge in [0.15, 0.2) is 0 Å². The van der Waals surface area contributed by atoms with Crippen LogP contribution in [-0.2, 0) is 19.6 Å². The Bertz CT molecular complexity index is 291. The van der Waals surface area contributed by atoms with Crippen LogP contribution in [0.1, 0.15) is 13.3 Å². The average molecular weight is 258 g/mol. The third-order valence-electron chi connectivity index (χ3n) is 1.65. The van der Waals surface area contributed by atoms with Crippen molar-refractivity contribution in [2.24, 2.45) is 5.92 Å². The van der Waals surface area contributed by atoms with Crippen LogP contribution in [0.2, 0.25) is 0 Å². The maximum absolute atomic E-state index is 11.3. The molecule has 7 heteroatoms. The predicted octanol–water partition coefficient (Wildman–Crippen LogP) is 0.344. The Balaban J connectivity index is 3.90. The molecule has 15 heavy (non-hydrogen) atoms. The normalized spacial score (nSPS) is 13.5. The highest BCUT2D eigenvalue weighted by atomic mass is 35.5. The van der Waals surface area contributed by atoms with Crippen molar-refractivity contribution in [3.8, 4) is 0 Å². The lowest BCUT2D eigenvalue weighted by molar-refractivity contribution is -0.140. The number of sulfonamides is 1. The van der Waals surface area contributed by atoms with E-state index in [0.29, 0.717) is 0 Å². The number of nitrogens with one attached hydrogen (secondary N) is 1. The van der Waals surface area contributed by atoms with E-state index in [0.717, 1.165) is 0 Å². The van der Waals surface area contributed by atoms with Crippen molar-refractivity contribution in [3.63, 3.8) is 0 Å². The van der Waals surface area contributed by atoms with Crippen LogP contribution in [-0.4, -0.2) is 39.7 Å². The van der Waals surface area contributed by atoms with Crippen LogP contribution in [0.15, 0.2) is 0 Å². The molecule has 0 aliphatic rings. The zero-order valence-electron chi connectivity index (χ0n) is 8.82. The van der Waals surface area contributed by atoms with Crippen molar-refractivity contribution in [1.82, 2.24) is 4.72 Å². The first kappa shape index (κ1) is 14.7. The third kappa shape index (κ3) is 7.58. The first-order chi connectivity index (χ1) is 6.91. The Hall–Kier alpha value is -0.330. The average Bonchev–Trinajstić information content (AvgIpc) is 2.16. The standard InChI is InChI=1S/C8H16ClNO4S/c1-7(5-9)6-15(12,13)10-4-3-8(11)14-2/h7,10H,3-6H2,1-2H3. The molecule has 0 rings (SSSR count). The van der Waals surface area contributed by atoms with E-state index < -0.39 is 16.0 Å². The van der Waals surface area contributed by atoms with Gasteiger partial charge in [-0.3, -0.25) is 4.79 Å². The van der Waals surface area contributed by atoms with Gasteiger partial charge in [-0.05, 0) is 5.92 Å². The van der Waals surface area contributed by atoms with Crippen LogP contribution in [0.4, 0.5) is 0 Å². The van der Waals surface area contributed by atoms with Crippen LogP contribution in [0.3, 0.4) is 0 Å². The summed E-state index contributed by atoms with van der Waals surface area (Å²) in [7, 11) is -2.08. The molecule has 0 spiro atoms. The molecule has 0 amide bonds. The lowest BCUT2D eigenvalue weighted by Crippen LogP contribution is -2.31. The van der Waals surface area contributed by atoms with Gasteiger partial charge in [-0.15, -0.1) is 11.6 Å². The molecule has 0 aromatic rings. The van der Waals surface area contributed by atoms with Gasteiger partial charge in [-0.25, -0.2) is 13.1 Å². The minimum Gasteiger partial charge on any atom is -0.469 e. The highest BCUT2D eigenvalue weighted by Gasteiger charge is 2.14. The first-order valence-corrected chi connectivity index (χ1v) is 6.70. The van der Waals surface area contributed by atoms with Crippen LogP contribution < -0.4 is 4.72 Å². The number of carbonyl (C=O) groups excluding carboxylic acids is 1. The van der Waals surface area contributed by atoms with Gasteiger partial charge in [0, 0.05) is 12.4 Å². The fraction of sp³-hybridized carbons (Fsp3) is 0.875. The maximum Gasteiger partial charge on any atom is 0.306 e. The zero-order chi connectivity index (χ0) is 11.9. The molecule has 0 aliphatic heterocycles. The number of methoxy groups -OCH3 is 1. The molecule has 1 atom stereocenters. The summed E-state index contributed by atoms with van der Waals surface area (Å²) < 4.78 is 29.4. The van der Waals surface area contributed by atoms with Gasteiger partial charge in [-0.1, -0.05) is 6.92 Å². The molecule has 0 aromatic heterocycles. The minimum atomic E-state index is -3.34. The van der Waals surface area contributed by atoms with Gasteiger partial charge in [0.1, 0.15) is 0 Å². The van der Waals surface area contributed by atoms with Gasteiger partial charge >= 0.3 is 5.97 Å². The van der Waals surface area contributed by atoms with Crippen molar-refractivity contribution in [2.75, 3.05) is 25.3 Å². The summed E-state index contributed by atoms with van der Waals surface area (Å²) in [5.74, 6) is -0.291. The van der Waals surface area contributed by atoms with Crippen molar-refractivity contribution in [2.45, 2.75) is 13.3 Å². The van der Waals surface area contributed by atoms with E-state index >= 15 is 0 Å². The van der Waals surface area contributed by atoms with Gasteiger partial charge in [-0.2, -0.15) is 0 Å². The molecule has 1 N–H and O–H groups in total. The summed E-state index contributed by atoms with van der Waals surface area (Å²) in [4.78, 5) is 10.7. The summed E-state index contributed by atoms with van der Waals surface area (Å²) in [6.07, 6.45) is 0.0327. The lowest BCUT2D eigenvalue weighted by Gasteiger charge is -2.09.